The Morgan fingerprint density at radius 3 is 2.46 bits per heavy atom. The minimum absolute atomic E-state index is 0.250. The molecule has 1 heterocycles. The largest absolute Gasteiger partial charge is 0.367 e. The third-order valence-corrected chi connectivity index (χ3v) is 6.95. The highest BCUT2D eigenvalue weighted by Gasteiger charge is 2.32. The summed E-state index contributed by atoms with van der Waals surface area (Å²) in [6, 6.07) is 26.2. The highest BCUT2D eigenvalue weighted by atomic mass is 16.2. The number of aromatic nitrogens is 2. The number of fused-ring (bicyclic) bond motifs is 1. The third kappa shape index (κ3) is 5.19. The van der Waals surface area contributed by atoms with Gasteiger partial charge in [-0.25, -0.2) is 9.97 Å². The van der Waals surface area contributed by atoms with Crippen molar-refractivity contribution in [3.8, 4) is 11.1 Å². The number of carbonyl (C=O) groups excluding carboxylic acids is 1. The number of nitrogens with zero attached hydrogens (tertiary/aromatic N) is 3. The average Bonchev–Trinajstić information content (AvgIpc) is 3.82. The van der Waals surface area contributed by atoms with Crippen molar-refractivity contribution in [2.45, 2.75) is 57.2 Å². The Labute approximate surface area is 206 Å². The predicted molar refractivity (Wildman–Crippen MR) is 140 cm³/mol. The molecule has 2 saturated carbocycles. The molecule has 0 aliphatic heterocycles. The van der Waals surface area contributed by atoms with Gasteiger partial charge in [-0.05, 0) is 72.6 Å². The van der Waals surface area contributed by atoms with E-state index in [0.29, 0.717) is 25.0 Å². The maximum absolute atomic E-state index is 13.1. The third-order valence-electron chi connectivity index (χ3n) is 6.95. The molecule has 5 nitrogen and oxygen atoms in total. The van der Waals surface area contributed by atoms with Crippen LogP contribution in [-0.4, -0.2) is 32.9 Å². The average molecular weight is 463 g/mol. The van der Waals surface area contributed by atoms with E-state index in [1.54, 1.807) is 6.33 Å². The van der Waals surface area contributed by atoms with Gasteiger partial charge in [-0.15, -0.1) is 0 Å². The number of hydrogen-bond acceptors (Lipinski definition) is 4. The Balaban J connectivity index is 1.21. The van der Waals surface area contributed by atoms with Crippen LogP contribution >= 0.6 is 0 Å². The van der Waals surface area contributed by atoms with E-state index in [9.17, 15) is 4.79 Å². The fourth-order valence-electron chi connectivity index (χ4n) is 4.66. The summed E-state index contributed by atoms with van der Waals surface area (Å²) in [6.07, 6.45) is 7.61. The van der Waals surface area contributed by atoms with E-state index in [1.807, 2.05) is 18.2 Å². The van der Waals surface area contributed by atoms with E-state index in [1.165, 1.54) is 24.0 Å². The molecule has 35 heavy (non-hydrogen) atoms. The lowest BCUT2D eigenvalue weighted by atomic mass is 10.0. The fraction of sp³-hybridized carbons (Fsp3) is 0.300. The van der Waals surface area contributed by atoms with E-state index >= 15 is 0 Å². The van der Waals surface area contributed by atoms with Crippen molar-refractivity contribution in [2.24, 2.45) is 0 Å². The van der Waals surface area contributed by atoms with Crippen LogP contribution in [0.1, 0.15) is 43.2 Å². The van der Waals surface area contributed by atoms with Gasteiger partial charge in [0.15, 0.2) is 0 Å². The van der Waals surface area contributed by atoms with Gasteiger partial charge in [0, 0.05) is 30.4 Å². The molecule has 5 heteroatoms. The van der Waals surface area contributed by atoms with Crippen LogP contribution in [0.2, 0.25) is 0 Å². The Morgan fingerprint density at radius 1 is 0.857 bits per heavy atom. The monoisotopic (exact) mass is 462 g/mol. The molecule has 2 aliphatic carbocycles. The van der Waals surface area contributed by atoms with Crippen molar-refractivity contribution < 1.29 is 4.79 Å². The van der Waals surface area contributed by atoms with Crippen LogP contribution in [0.15, 0.2) is 79.1 Å². The van der Waals surface area contributed by atoms with Crippen LogP contribution in [-0.2, 0) is 17.8 Å². The lowest BCUT2D eigenvalue weighted by Crippen LogP contribution is -2.32. The van der Waals surface area contributed by atoms with Crippen LogP contribution in [0, 0.1) is 0 Å². The highest BCUT2D eigenvalue weighted by molar-refractivity contribution is 5.92. The van der Waals surface area contributed by atoms with Gasteiger partial charge >= 0.3 is 0 Å². The summed E-state index contributed by atoms with van der Waals surface area (Å²) in [7, 11) is 0. The second-order valence-corrected chi connectivity index (χ2v) is 9.81. The molecule has 0 radical (unpaired) electrons. The molecule has 0 atom stereocenters. The van der Waals surface area contributed by atoms with Crippen molar-refractivity contribution in [1.82, 2.24) is 14.9 Å². The Bertz CT molecular complexity index is 1350. The topological polar surface area (TPSA) is 58.1 Å². The second-order valence-electron chi connectivity index (χ2n) is 9.81. The Morgan fingerprint density at radius 2 is 1.66 bits per heavy atom. The molecule has 1 amide bonds. The zero-order valence-corrected chi connectivity index (χ0v) is 19.9. The van der Waals surface area contributed by atoms with Gasteiger partial charge in [0.2, 0.25) is 5.91 Å². The van der Waals surface area contributed by atoms with E-state index in [4.69, 9.17) is 0 Å². The summed E-state index contributed by atoms with van der Waals surface area (Å²) < 4.78 is 0. The van der Waals surface area contributed by atoms with E-state index in [2.05, 4.69) is 74.8 Å². The summed E-state index contributed by atoms with van der Waals surface area (Å²) in [5.41, 5.74) is 5.63. The molecule has 0 spiro atoms. The number of carbonyl (C=O) groups is 1. The molecule has 3 aromatic carbocycles. The van der Waals surface area contributed by atoms with E-state index < -0.39 is 0 Å². The van der Waals surface area contributed by atoms with Crippen LogP contribution in [0.25, 0.3) is 22.0 Å². The fourth-order valence-corrected chi connectivity index (χ4v) is 4.66. The molecule has 2 fully saturated rings. The predicted octanol–water partition coefficient (Wildman–Crippen LogP) is 5.99. The molecule has 176 valence electrons. The summed E-state index contributed by atoms with van der Waals surface area (Å²) >= 11 is 0. The standard InChI is InChI=1S/C30H30N4O/c35-29(16-9-21-5-2-1-3-6-21)34(26-13-14-26)19-22-7-4-8-23(17-22)24-10-15-28-27(18-24)30(32-20-31-28)33-25-11-12-25/h1-8,10,15,17-18,20,25-26H,9,11-14,16,19H2,(H,31,32,33). The zero-order chi connectivity index (χ0) is 23.6. The van der Waals surface area contributed by atoms with Gasteiger partial charge in [0.25, 0.3) is 0 Å². The summed E-state index contributed by atoms with van der Waals surface area (Å²) in [5, 5.41) is 4.59. The zero-order valence-electron chi connectivity index (χ0n) is 19.9. The number of nitrogens with one attached hydrogen (secondary N) is 1. The van der Waals surface area contributed by atoms with Crippen molar-refractivity contribution in [3.63, 3.8) is 0 Å². The number of benzene rings is 3. The van der Waals surface area contributed by atoms with Crippen LogP contribution < -0.4 is 5.32 Å². The normalized spacial score (nSPS) is 15.2. The number of aryl methyl sites for hydroxylation is 1. The highest BCUT2D eigenvalue weighted by Crippen LogP contribution is 2.32. The maximum Gasteiger partial charge on any atom is 0.223 e. The summed E-state index contributed by atoms with van der Waals surface area (Å²) in [5.74, 6) is 1.17. The number of anilines is 1. The minimum Gasteiger partial charge on any atom is -0.367 e. The molecule has 1 N–H and O–H groups in total. The minimum atomic E-state index is 0.250. The van der Waals surface area contributed by atoms with E-state index in [0.717, 1.165) is 47.1 Å². The number of amides is 1. The molecule has 0 bridgehead atoms. The molecule has 0 unspecified atom stereocenters. The van der Waals surface area contributed by atoms with E-state index in [-0.39, 0.29) is 5.91 Å². The quantitative estimate of drug-likeness (QED) is 0.332. The van der Waals surface area contributed by atoms with Crippen molar-refractivity contribution in [1.29, 1.82) is 0 Å². The Kier molecular flexibility index (Phi) is 5.91. The van der Waals surface area contributed by atoms with Gasteiger partial charge in [0.1, 0.15) is 12.1 Å². The van der Waals surface area contributed by atoms with Crippen LogP contribution in [0.5, 0.6) is 0 Å². The molecule has 6 rings (SSSR count). The second kappa shape index (κ2) is 9.49. The lowest BCUT2D eigenvalue weighted by Gasteiger charge is -2.23. The SMILES string of the molecule is O=C(CCc1ccccc1)N(Cc1cccc(-c2ccc3ncnc(NC4CC4)c3c2)c1)C1CC1. The molecule has 1 aromatic heterocycles. The maximum atomic E-state index is 13.1. The van der Waals surface area contributed by atoms with Crippen molar-refractivity contribution >= 4 is 22.6 Å². The first kappa shape index (κ1) is 21.8. The molecular formula is C30H30N4O. The van der Waals surface area contributed by atoms with Crippen molar-refractivity contribution in [3.05, 3.63) is 90.3 Å². The smallest absolute Gasteiger partial charge is 0.223 e. The first-order chi connectivity index (χ1) is 17.2. The van der Waals surface area contributed by atoms with Gasteiger partial charge in [-0.2, -0.15) is 0 Å². The summed E-state index contributed by atoms with van der Waals surface area (Å²) in [6.45, 7) is 0.664. The van der Waals surface area contributed by atoms with Gasteiger partial charge in [-0.1, -0.05) is 54.6 Å². The van der Waals surface area contributed by atoms with Crippen LogP contribution in [0.4, 0.5) is 5.82 Å². The molecule has 0 saturated heterocycles. The van der Waals surface area contributed by atoms with Crippen LogP contribution in [0.3, 0.4) is 0 Å². The number of hydrogen-bond donors (Lipinski definition) is 1. The number of rotatable bonds is 9. The molecule has 4 aromatic rings. The van der Waals surface area contributed by atoms with Gasteiger partial charge in [-0.3, -0.25) is 4.79 Å². The van der Waals surface area contributed by atoms with Crippen molar-refractivity contribution in [2.75, 3.05) is 5.32 Å². The first-order valence-corrected chi connectivity index (χ1v) is 12.7. The molecular weight excluding hydrogens is 432 g/mol. The summed E-state index contributed by atoms with van der Waals surface area (Å²) in [4.78, 5) is 24.2. The molecule has 2 aliphatic rings. The van der Waals surface area contributed by atoms with Gasteiger partial charge in [0.05, 0.1) is 5.52 Å². The van der Waals surface area contributed by atoms with Gasteiger partial charge < -0.3 is 10.2 Å². The Hall–Kier alpha value is -3.73. The first-order valence-electron chi connectivity index (χ1n) is 12.7. The lowest BCUT2D eigenvalue weighted by molar-refractivity contribution is -0.132.